The Labute approximate surface area is 171 Å². The van der Waals surface area contributed by atoms with E-state index < -0.39 is 11.8 Å². The molecule has 0 aliphatic carbocycles. The summed E-state index contributed by atoms with van der Waals surface area (Å²) in [6, 6.07) is 8.58. The molecule has 1 fully saturated rings. The molecule has 1 aromatic carbocycles. The molecule has 9 heteroatoms. The van der Waals surface area contributed by atoms with Gasteiger partial charge in [-0.05, 0) is 71.6 Å². The Kier molecular flexibility index (Phi) is 5.52. The van der Waals surface area contributed by atoms with Gasteiger partial charge in [0.1, 0.15) is 5.76 Å². The third-order valence-electron chi connectivity index (χ3n) is 3.24. The molecule has 1 aromatic heterocycles. The molecule has 1 aliphatic heterocycles. The van der Waals surface area contributed by atoms with Crippen molar-refractivity contribution in [1.82, 2.24) is 10.4 Å². The summed E-state index contributed by atoms with van der Waals surface area (Å²) in [5.41, 5.74) is 3.70. The van der Waals surface area contributed by atoms with Crippen LogP contribution in [0.2, 0.25) is 5.02 Å². The standard InChI is InChI=1S/C16H10ClIN2O3S2/c1-8-2-4-10(11(17)6-8)14(21)19-20-15(22)12(25-16(20)24)7-9-3-5-13(18)23-9/h2-7H,1H3,(H,19,21)/b12-7-. The van der Waals surface area contributed by atoms with E-state index in [1.807, 2.05) is 29.5 Å². The van der Waals surface area contributed by atoms with E-state index in [-0.39, 0.29) is 9.88 Å². The maximum Gasteiger partial charge on any atom is 0.285 e. The van der Waals surface area contributed by atoms with E-state index in [4.69, 9.17) is 28.2 Å². The Hall–Kier alpha value is -1.36. The molecule has 1 saturated heterocycles. The van der Waals surface area contributed by atoms with Crippen molar-refractivity contribution < 1.29 is 14.0 Å². The quantitative estimate of drug-likeness (QED) is 0.382. The van der Waals surface area contributed by atoms with Gasteiger partial charge >= 0.3 is 0 Å². The first kappa shape index (κ1) is 18.4. The molecule has 3 rings (SSSR count). The Morgan fingerprint density at radius 2 is 2.16 bits per heavy atom. The number of carbonyl (C=O) groups excluding carboxylic acids is 2. The minimum atomic E-state index is -0.505. The highest BCUT2D eigenvalue weighted by atomic mass is 127. The lowest BCUT2D eigenvalue weighted by Gasteiger charge is -2.16. The van der Waals surface area contributed by atoms with E-state index >= 15 is 0 Å². The maximum absolute atomic E-state index is 12.5. The number of rotatable bonds is 3. The van der Waals surface area contributed by atoms with Gasteiger partial charge in [-0.2, -0.15) is 5.01 Å². The van der Waals surface area contributed by atoms with Crippen LogP contribution < -0.4 is 5.43 Å². The molecule has 2 amide bonds. The minimum Gasteiger partial charge on any atom is -0.451 e. The summed E-state index contributed by atoms with van der Waals surface area (Å²) in [7, 11) is 0. The molecule has 0 bridgehead atoms. The zero-order valence-corrected chi connectivity index (χ0v) is 17.3. The lowest BCUT2D eigenvalue weighted by Crippen LogP contribution is -2.44. The molecule has 0 atom stereocenters. The second-order valence-electron chi connectivity index (χ2n) is 5.08. The summed E-state index contributed by atoms with van der Waals surface area (Å²) in [5.74, 6) is -0.383. The number of furan rings is 1. The lowest BCUT2D eigenvalue weighted by molar-refractivity contribution is -0.123. The molecule has 25 heavy (non-hydrogen) atoms. The number of hydrogen-bond donors (Lipinski definition) is 1. The summed E-state index contributed by atoms with van der Waals surface area (Å²) in [5, 5.41) is 1.35. The van der Waals surface area contributed by atoms with Crippen molar-refractivity contribution in [2.75, 3.05) is 0 Å². The van der Waals surface area contributed by atoms with Gasteiger partial charge in [-0.3, -0.25) is 15.0 Å². The molecule has 0 radical (unpaired) electrons. The number of hydrogen-bond acceptors (Lipinski definition) is 5. The maximum atomic E-state index is 12.5. The van der Waals surface area contributed by atoms with E-state index in [1.54, 1.807) is 36.4 Å². The summed E-state index contributed by atoms with van der Waals surface area (Å²) >= 11 is 14.4. The van der Waals surface area contributed by atoms with E-state index in [1.165, 1.54) is 0 Å². The zero-order valence-electron chi connectivity index (χ0n) is 12.7. The monoisotopic (exact) mass is 504 g/mol. The molecule has 5 nitrogen and oxygen atoms in total. The molecule has 0 spiro atoms. The van der Waals surface area contributed by atoms with Crippen LogP contribution in [0.25, 0.3) is 6.08 Å². The van der Waals surface area contributed by atoms with Crippen molar-refractivity contribution >= 4 is 80.4 Å². The predicted molar refractivity (Wildman–Crippen MR) is 110 cm³/mol. The highest BCUT2D eigenvalue weighted by molar-refractivity contribution is 14.1. The fourth-order valence-electron chi connectivity index (χ4n) is 2.07. The molecule has 2 heterocycles. The van der Waals surface area contributed by atoms with Crippen LogP contribution in [0.4, 0.5) is 0 Å². The van der Waals surface area contributed by atoms with E-state index in [0.29, 0.717) is 19.5 Å². The number of carbonyl (C=O) groups is 2. The topological polar surface area (TPSA) is 62.6 Å². The Bertz CT molecular complexity index is 926. The molecular formula is C16H10ClIN2O3S2. The summed E-state index contributed by atoms with van der Waals surface area (Å²) in [4.78, 5) is 25.3. The smallest absolute Gasteiger partial charge is 0.285 e. The molecule has 1 N–H and O–H groups in total. The van der Waals surface area contributed by atoms with Gasteiger partial charge in [0.05, 0.1) is 15.5 Å². The van der Waals surface area contributed by atoms with Gasteiger partial charge in [-0.25, -0.2) is 0 Å². The third kappa shape index (κ3) is 4.08. The van der Waals surface area contributed by atoms with Crippen LogP contribution in [-0.4, -0.2) is 21.1 Å². The van der Waals surface area contributed by atoms with Gasteiger partial charge in [0.15, 0.2) is 8.09 Å². The van der Waals surface area contributed by atoms with Crippen LogP contribution in [0.15, 0.2) is 39.7 Å². The van der Waals surface area contributed by atoms with Gasteiger partial charge < -0.3 is 4.42 Å². The molecule has 0 unspecified atom stereocenters. The van der Waals surface area contributed by atoms with Crippen molar-refractivity contribution in [3.05, 3.63) is 60.9 Å². The van der Waals surface area contributed by atoms with Crippen LogP contribution in [0, 0.1) is 10.7 Å². The van der Waals surface area contributed by atoms with Crippen molar-refractivity contribution in [3.63, 3.8) is 0 Å². The number of benzene rings is 1. The molecular weight excluding hydrogens is 495 g/mol. The van der Waals surface area contributed by atoms with Crippen molar-refractivity contribution in [3.8, 4) is 0 Å². The SMILES string of the molecule is Cc1ccc(C(=O)NN2C(=O)/C(=C/c3ccc(I)o3)SC2=S)c(Cl)c1. The second kappa shape index (κ2) is 7.48. The Morgan fingerprint density at radius 3 is 2.80 bits per heavy atom. The fraction of sp³-hybridized carbons (Fsp3) is 0.0625. The van der Waals surface area contributed by atoms with Crippen molar-refractivity contribution in [1.29, 1.82) is 0 Å². The number of aryl methyl sites for hydroxylation is 1. The Morgan fingerprint density at radius 1 is 1.40 bits per heavy atom. The number of nitrogens with zero attached hydrogens (tertiary/aromatic N) is 1. The van der Waals surface area contributed by atoms with E-state index in [0.717, 1.165) is 22.3 Å². The number of halogens is 2. The fourth-order valence-corrected chi connectivity index (χ4v) is 3.98. The van der Waals surface area contributed by atoms with E-state index in [9.17, 15) is 9.59 Å². The van der Waals surface area contributed by atoms with Crippen LogP contribution in [0.5, 0.6) is 0 Å². The number of thiocarbonyl (C=S) groups is 1. The number of hydrazine groups is 1. The molecule has 128 valence electrons. The van der Waals surface area contributed by atoms with Crippen molar-refractivity contribution in [2.45, 2.75) is 6.92 Å². The molecule has 1 aliphatic rings. The first-order valence-corrected chi connectivity index (χ1v) is 9.64. The molecule has 2 aromatic rings. The first-order chi connectivity index (χ1) is 11.8. The van der Waals surface area contributed by atoms with Crippen molar-refractivity contribution in [2.24, 2.45) is 0 Å². The normalized spacial score (nSPS) is 16.0. The summed E-state index contributed by atoms with van der Waals surface area (Å²) in [6.07, 6.45) is 1.59. The number of thioether (sulfide) groups is 1. The zero-order chi connectivity index (χ0) is 18.1. The number of amides is 2. The molecule has 0 saturated carbocycles. The van der Waals surface area contributed by atoms with Gasteiger partial charge in [-0.15, -0.1) is 0 Å². The third-order valence-corrected chi connectivity index (χ3v) is 5.44. The van der Waals surface area contributed by atoms with Gasteiger partial charge in [0.2, 0.25) is 0 Å². The summed E-state index contributed by atoms with van der Waals surface area (Å²) < 4.78 is 6.36. The Balaban J connectivity index is 1.79. The number of nitrogens with one attached hydrogen (secondary N) is 1. The highest BCUT2D eigenvalue weighted by Gasteiger charge is 2.34. The predicted octanol–water partition coefficient (Wildman–Crippen LogP) is 4.39. The largest absolute Gasteiger partial charge is 0.451 e. The van der Waals surface area contributed by atoms with Gasteiger partial charge in [0, 0.05) is 6.08 Å². The van der Waals surface area contributed by atoms with Gasteiger partial charge in [-0.1, -0.05) is 29.4 Å². The van der Waals surface area contributed by atoms with Crippen LogP contribution in [0.3, 0.4) is 0 Å². The van der Waals surface area contributed by atoms with Gasteiger partial charge in [0.25, 0.3) is 11.8 Å². The van der Waals surface area contributed by atoms with Crippen LogP contribution in [0.1, 0.15) is 21.7 Å². The average molecular weight is 505 g/mol. The van der Waals surface area contributed by atoms with Crippen LogP contribution in [-0.2, 0) is 4.79 Å². The van der Waals surface area contributed by atoms with E-state index in [2.05, 4.69) is 5.43 Å². The lowest BCUT2D eigenvalue weighted by atomic mass is 10.1. The minimum absolute atomic E-state index is 0.231. The second-order valence-corrected chi connectivity index (χ2v) is 8.23. The summed E-state index contributed by atoms with van der Waals surface area (Å²) in [6.45, 7) is 1.87. The van der Waals surface area contributed by atoms with Crippen LogP contribution >= 0.6 is 58.2 Å². The first-order valence-electron chi connectivity index (χ1n) is 6.95. The highest BCUT2D eigenvalue weighted by Crippen LogP contribution is 2.32. The average Bonchev–Trinajstić information content (AvgIpc) is 3.06.